The van der Waals surface area contributed by atoms with Crippen molar-refractivity contribution in [1.29, 1.82) is 0 Å². The van der Waals surface area contributed by atoms with Crippen molar-refractivity contribution in [2.24, 2.45) is 0 Å². The summed E-state index contributed by atoms with van der Waals surface area (Å²) in [6.45, 7) is 10.5. The molecule has 8 nitrogen and oxygen atoms in total. The molecule has 0 radical (unpaired) electrons. The topological polar surface area (TPSA) is 79.2 Å². The summed E-state index contributed by atoms with van der Waals surface area (Å²) in [4.78, 5) is 29.5. The number of carbonyl (C=O) groups excluding carboxylic acids is 1. The molecule has 2 fully saturated rings. The third-order valence-corrected chi connectivity index (χ3v) is 6.77. The number of piperazine rings is 1. The lowest BCUT2D eigenvalue weighted by Crippen LogP contribution is -2.55. The highest BCUT2D eigenvalue weighted by molar-refractivity contribution is 9.11. The predicted molar refractivity (Wildman–Crippen MR) is 123 cm³/mol. The first kappa shape index (κ1) is 23.3. The summed E-state index contributed by atoms with van der Waals surface area (Å²) >= 11 is 6.81. The van der Waals surface area contributed by atoms with Crippen molar-refractivity contribution < 1.29 is 14.5 Å². The lowest BCUT2D eigenvalue weighted by Gasteiger charge is -2.43. The van der Waals surface area contributed by atoms with Crippen molar-refractivity contribution in [3.05, 3.63) is 31.2 Å². The van der Waals surface area contributed by atoms with Crippen LogP contribution in [0.5, 0.6) is 0 Å². The van der Waals surface area contributed by atoms with E-state index in [1.54, 1.807) is 11.0 Å². The lowest BCUT2D eigenvalue weighted by molar-refractivity contribution is -0.385. The largest absolute Gasteiger partial charge is 0.444 e. The zero-order chi connectivity index (χ0) is 22.1. The second kappa shape index (κ2) is 9.40. The van der Waals surface area contributed by atoms with E-state index < -0.39 is 5.60 Å². The molecule has 2 saturated heterocycles. The van der Waals surface area contributed by atoms with Gasteiger partial charge in [0.15, 0.2) is 0 Å². The minimum Gasteiger partial charge on any atom is -0.444 e. The van der Waals surface area contributed by atoms with Crippen LogP contribution in [0.3, 0.4) is 0 Å². The Labute approximate surface area is 193 Å². The Morgan fingerprint density at radius 3 is 2.20 bits per heavy atom. The van der Waals surface area contributed by atoms with Crippen LogP contribution < -0.4 is 4.90 Å². The van der Waals surface area contributed by atoms with Gasteiger partial charge >= 0.3 is 6.09 Å². The van der Waals surface area contributed by atoms with E-state index in [0.29, 0.717) is 23.6 Å². The number of ether oxygens (including phenoxy) is 1. The molecule has 0 aromatic heterocycles. The summed E-state index contributed by atoms with van der Waals surface area (Å²) in [6.07, 6.45) is 1.81. The van der Waals surface area contributed by atoms with Gasteiger partial charge in [0.1, 0.15) is 5.60 Å². The number of carbonyl (C=O) groups is 1. The molecule has 166 valence electrons. The molecule has 0 bridgehead atoms. The first-order valence-corrected chi connectivity index (χ1v) is 11.7. The Morgan fingerprint density at radius 1 is 1.07 bits per heavy atom. The van der Waals surface area contributed by atoms with Crippen molar-refractivity contribution in [3.8, 4) is 0 Å². The van der Waals surface area contributed by atoms with E-state index in [2.05, 4.69) is 41.7 Å². The molecule has 0 spiro atoms. The number of benzene rings is 1. The minimum absolute atomic E-state index is 0.0587. The van der Waals surface area contributed by atoms with Gasteiger partial charge in [0.05, 0.1) is 15.1 Å². The maximum Gasteiger partial charge on any atom is 0.410 e. The summed E-state index contributed by atoms with van der Waals surface area (Å²) in [6, 6.07) is 3.87. The number of amides is 1. The molecule has 2 aliphatic heterocycles. The van der Waals surface area contributed by atoms with Gasteiger partial charge in [0, 0.05) is 55.8 Å². The number of nitro groups is 1. The van der Waals surface area contributed by atoms with Gasteiger partial charge in [-0.15, -0.1) is 0 Å². The van der Waals surface area contributed by atoms with Crippen LogP contribution in [0, 0.1) is 10.1 Å². The van der Waals surface area contributed by atoms with Gasteiger partial charge in [0.2, 0.25) is 0 Å². The Balaban J connectivity index is 1.53. The standard InChI is InChI=1S/C20H28Br2N4O4/c1-20(2,3)30-19(27)25-10-8-23(9-11-25)14-4-6-24(7-5-14)17-12-16(22)18(26(28)29)13-15(17)21/h12-14H,4-11H2,1-3H3. The van der Waals surface area contributed by atoms with Gasteiger partial charge < -0.3 is 14.5 Å². The number of anilines is 1. The molecule has 3 rings (SSSR count). The van der Waals surface area contributed by atoms with Gasteiger partial charge in [-0.05, 0) is 71.5 Å². The summed E-state index contributed by atoms with van der Waals surface area (Å²) in [5.74, 6) is 0. The fourth-order valence-electron chi connectivity index (χ4n) is 3.98. The van der Waals surface area contributed by atoms with Gasteiger partial charge in [-0.3, -0.25) is 15.0 Å². The monoisotopic (exact) mass is 546 g/mol. The summed E-state index contributed by atoms with van der Waals surface area (Å²) in [5, 5.41) is 11.1. The predicted octanol–water partition coefficient (Wildman–Crippen LogP) is 4.64. The highest BCUT2D eigenvalue weighted by Gasteiger charge is 2.31. The fourth-order valence-corrected chi connectivity index (χ4v) is 5.03. The first-order chi connectivity index (χ1) is 14.0. The Bertz CT molecular complexity index is 799. The van der Waals surface area contributed by atoms with Crippen molar-refractivity contribution in [3.63, 3.8) is 0 Å². The summed E-state index contributed by atoms with van der Waals surface area (Å²) in [7, 11) is 0. The molecule has 0 N–H and O–H groups in total. The van der Waals surface area contributed by atoms with Gasteiger partial charge in [-0.25, -0.2) is 4.79 Å². The number of hydrogen-bond donors (Lipinski definition) is 0. The molecule has 1 aromatic carbocycles. The zero-order valence-electron chi connectivity index (χ0n) is 17.6. The SMILES string of the molecule is CC(C)(C)OC(=O)N1CCN(C2CCN(c3cc(Br)c([N+](=O)[O-])cc3Br)CC2)CC1. The average molecular weight is 548 g/mol. The molecule has 0 saturated carbocycles. The van der Waals surface area contributed by atoms with E-state index in [-0.39, 0.29) is 16.7 Å². The van der Waals surface area contributed by atoms with Gasteiger partial charge in [-0.1, -0.05) is 0 Å². The molecule has 30 heavy (non-hydrogen) atoms. The minimum atomic E-state index is -0.470. The Hall–Kier alpha value is -1.39. The van der Waals surface area contributed by atoms with Crippen molar-refractivity contribution >= 4 is 49.3 Å². The van der Waals surface area contributed by atoms with Crippen LogP contribution in [0.4, 0.5) is 16.2 Å². The number of piperidine rings is 1. The molecule has 0 atom stereocenters. The second-order valence-electron chi connectivity index (χ2n) is 8.73. The van der Waals surface area contributed by atoms with Crippen molar-refractivity contribution in [2.75, 3.05) is 44.2 Å². The van der Waals surface area contributed by atoms with Crippen LogP contribution in [-0.4, -0.2) is 71.7 Å². The molecule has 10 heteroatoms. The van der Waals surface area contributed by atoms with E-state index in [4.69, 9.17) is 4.74 Å². The Morgan fingerprint density at radius 2 is 1.67 bits per heavy atom. The third-order valence-electron chi connectivity index (χ3n) is 5.50. The normalized spacial score (nSPS) is 19.1. The highest BCUT2D eigenvalue weighted by Crippen LogP contribution is 2.37. The number of hydrogen-bond acceptors (Lipinski definition) is 6. The van der Waals surface area contributed by atoms with Crippen LogP contribution in [0.1, 0.15) is 33.6 Å². The van der Waals surface area contributed by atoms with E-state index in [9.17, 15) is 14.9 Å². The maximum absolute atomic E-state index is 12.3. The van der Waals surface area contributed by atoms with Crippen LogP contribution in [0.15, 0.2) is 21.1 Å². The van der Waals surface area contributed by atoms with E-state index in [0.717, 1.165) is 49.2 Å². The smallest absolute Gasteiger partial charge is 0.410 e. The molecule has 2 aliphatic rings. The molecule has 1 amide bonds. The molecule has 1 aromatic rings. The highest BCUT2D eigenvalue weighted by atomic mass is 79.9. The summed E-state index contributed by atoms with van der Waals surface area (Å²) in [5.41, 5.74) is 0.561. The van der Waals surface area contributed by atoms with Crippen molar-refractivity contribution in [1.82, 2.24) is 9.80 Å². The van der Waals surface area contributed by atoms with E-state index in [1.807, 2.05) is 26.8 Å². The maximum atomic E-state index is 12.3. The number of nitro benzene ring substituents is 1. The van der Waals surface area contributed by atoms with Crippen LogP contribution in [-0.2, 0) is 4.74 Å². The quantitative estimate of drug-likeness (QED) is 0.405. The van der Waals surface area contributed by atoms with Crippen molar-refractivity contribution in [2.45, 2.75) is 45.3 Å². The van der Waals surface area contributed by atoms with Crippen LogP contribution in [0.25, 0.3) is 0 Å². The number of rotatable bonds is 3. The van der Waals surface area contributed by atoms with E-state index >= 15 is 0 Å². The molecule has 2 heterocycles. The Kier molecular flexibility index (Phi) is 7.29. The van der Waals surface area contributed by atoms with E-state index in [1.165, 1.54) is 0 Å². The molecule has 0 unspecified atom stereocenters. The number of halogens is 2. The van der Waals surface area contributed by atoms with Crippen LogP contribution in [0.2, 0.25) is 0 Å². The molecular formula is C20H28Br2N4O4. The lowest BCUT2D eigenvalue weighted by atomic mass is 10.0. The molecule has 0 aliphatic carbocycles. The second-order valence-corrected chi connectivity index (χ2v) is 10.4. The number of nitrogens with zero attached hydrogens (tertiary/aromatic N) is 4. The average Bonchev–Trinajstić information content (AvgIpc) is 2.68. The van der Waals surface area contributed by atoms with Crippen LogP contribution >= 0.6 is 31.9 Å². The summed E-state index contributed by atoms with van der Waals surface area (Å²) < 4.78 is 6.71. The van der Waals surface area contributed by atoms with Gasteiger partial charge in [-0.2, -0.15) is 0 Å². The first-order valence-electron chi connectivity index (χ1n) is 10.2. The fraction of sp³-hybridized carbons (Fsp3) is 0.650. The third kappa shape index (κ3) is 5.64. The zero-order valence-corrected chi connectivity index (χ0v) is 20.7. The van der Waals surface area contributed by atoms with Gasteiger partial charge in [0.25, 0.3) is 5.69 Å². The molecular weight excluding hydrogens is 520 g/mol.